The topological polar surface area (TPSA) is 75.9 Å². The van der Waals surface area contributed by atoms with E-state index in [0.29, 0.717) is 27.4 Å². The number of anilines is 3. The Bertz CT molecular complexity index is 660. The van der Waals surface area contributed by atoms with Gasteiger partial charge in [0.15, 0.2) is 5.82 Å². The second kappa shape index (κ2) is 5.86. The minimum Gasteiger partial charge on any atom is -0.339 e. The van der Waals surface area contributed by atoms with Crippen LogP contribution in [0.3, 0.4) is 0 Å². The van der Waals surface area contributed by atoms with Crippen LogP contribution >= 0.6 is 15.9 Å². The molecule has 9 heteroatoms. The lowest BCUT2D eigenvalue weighted by molar-refractivity contribution is -0.137. The predicted molar refractivity (Wildman–Crippen MR) is 77.0 cm³/mol. The van der Waals surface area contributed by atoms with E-state index in [-0.39, 0.29) is 0 Å². The number of benzene rings is 1. The molecule has 0 atom stereocenters. The molecule has 5 nitrogen and oxygen atoms in total. The summed E-state index contributed by atoms with van der Waals surface area (Å²) in [6, 6.07) is 3.45. The highest BCUT2D eigenvalue weighted by Gasteiger charge is 2.30. The molecule has 0 aliphatic heterocycles. The van der Waals surface area contributed by atoms with Crippen LogP contribution in [0, 0.1) is 6.92 Å². The molecular weight excluding hydrogens is 351 g/mol. The van der Waals surface area contributed by atoms with Crippen LogP contribution in [0.1, 0.15) is 11.1 Å². The molecule has 21 heavy (non-hydrogen) atoms. The van der Waals surface area contributed by atoms with Gasteiger partial charge in [-0.25, -0.2) is 15.8 Å². The largest absolute Gasteiger partial charge is 0.416 e. The van der Waals surface area contributed by atoms with Crippen LogP contribution in [-0.2, 0) is 6.18 Å². The molecule has 1 aromatic heterocycles. The summed E-state index contributed by atoms with van der Waals surface area (Å²) >= 11 is 3.23. The molecule has 0 spiro atoms. The molecular formula is C12H11BrF3N5. The Morgan fingerprint density at radius 3 is 2.48 bits per heavy atom. The van der Waals surface area contributed by atoms with Gasteiger partial charge in [0.1, 0.15) is 16.6 Å². The van der Waals surface area contributed by atoms with Gasteiger partial charge in [-0.3, -0.25) is 0 Å². The number of halogens is 4. The molecule has 0 saturated carbocycles. The third-order valence-electron chi connectivity index (χ3n) is 2.74. The van der Waals surface area contributed by atoms with Crippen LogP contribution in [0.5, 0.6) is 0 Å². The molecule has 112 valence electrons. The van der Waals surface area contributed by atoms with Gasteiger partial charge < -0.3 is 10.7 Å². The molecule has 2 rings (SSSR count). The highest BCUT2D eigenvalue weighted by Crippen LogP contribution is 2.34. The summed E-state index contributed by atoms with van der Waals surface area (Å²) < 4.78 is 38.7. The summed E-state index contributed by atoms with van der Waals surface area (Å²) in [5, 5.41) is 2.83. The lowest BCUT2D eigenvalue weighted by Crippen LogP contribution is -2.11. The maximum Gasteiger partial charge on any atom is 0.416 e. The highest BCUT2D eigenvalue weighted by atomic mass is 79.9. The van der Waals surface area contributed by atoms with E-state index in [9.17, 15) is 13.2 Å². The van der Waals surface area contributed by atoms with Gasteiger partial charge >= 0.3 is 6.18 Å². The fourth-order valence-electron chi connectivity index (χ4n) is 1.62. The Kier molecular flexibility index (Phi) is 4.33. The van der Waals surface area contributed by atoms with E-state index in [1.807, 2.05) is 0 Å². The molecule has 0 aliphatic carbocycles. The van der Waals surface area contributed by atoms with Gasteiger partial charge in [-0.1, -0.05) is 6.07 Å². The van der Waals surface area contributed by atoms with Crippen LogP contribution < -0.4 is 16.6 Å². The Morgan fingerprint density at radius 1 is 1.19 bits per heavy atom. The minimum atomic E-state index is -4.41. The second-order valence-corrected chi connectivity index (χ2v) is 4.97. The lowest BCUT2D eigenvalue weighted by Gasteiger charge is -2.14. The van der Waals surface area contributed by atoms with Crippen molar-refractivity contribution in [1.29, 1.82) is 0 Å². The van der Waals surface area contributed by atoms with E-state index in [1.54, 1.807) is 6.92 Å². The number of rotatable bonds is 3. The summed E-state index contributed by atoms with van der Waals surface area (Å²) in [5.41, 5.74) is 2.56. The maximum atomic E-state index is 12.7. The van der Waals surface area contributed by atoms with Crippen molar-refractivity contribution in [3.63, 3.8) is 0 Å². The van der Waals surface area contributed by atoms with Crippen molar-refractivity contribution < 1.29 is 13.2 Å². The summed E-state index contributed by atoms with van der Waals surface area (Å²) in [6.07, 6.45) is -3.16. The SMILES string of the molecule is Cc1ccc(C(F)(F)F)cc1Nc1ncnc(NN)c1Br. The molecule has 4 N–H and O–H groups in total. The van der Waals surface area contributed by atoms with Crippen molar-refractivity contribution in [2.75, 3.05) is 10.7 Å². The van der Waals surface area contributed by atoms with E-state index >= 15 is 0 Å². The summed E-state index contributed by atoms with van der Waals surface area (Å²) in [6.45, 7) is 1.69. The first-order valence-electron chi connectivity index (χ1n) is 5.75. The van der Waals surface area contributed by atoms with Gasteiger partial charge in [-0.2, -0.15) is 13.2 Å². The Hall–Kier alpha value is -1.87. The number of hydrogen-bond donors (Lipinski definition) is 3. The summed E-state index contributed by atoms with van der Waals surface area (Å²) in [7, 11) is 0. The van der Waals surface area contributed by atoms with E-state index < -0.39 is 11.7 Å². The number of aryl methyl sites for hydroxylation is 1. The molecule has 0 unspecified atom stereocenters. The van der Waals surface area contributed by atoms with Crippen LogP contribution in [-0.4, -0.2) is 9.97 Å². The average molecular weight is 362 g/mol. The van der Waals surface area contributed by atoms with E-state index in [0.717, 1.165) is 12.1 Å². The quantitative estimate of drug-likeness (QED) is 0.575. The Labute approximate surface area is 126 Å². The first-order valence-corrected chi connectivity index (χ1v) is 6.54. The van der Waals surface area contributed by atoms with Crippen molar-refractivity contribution in [3.8, 4) is 0 Å². The van der Waals surface area contributed by atoms with E-state index in [1.165, 1.54) is 12.4 Å². The molecule has 1 heterocycles. The van der Waals surface area contributed by atoms with Crippen molar-refractivity contribution in [2.24, 2.45) is 5.84 Å². The van der Waals surface area contributed by atoms with Gasteiger partial charge in [0.05, 0.1) is 5.56 Å². The number of nitrogen functional groups attached to an aromatic ring is 1. The number of hydrazine groups is 1. The van der Waals surface area contributed by atoms with Crippen molar-refractivity contribution in [1.82, 2.24) is 9.97 Å². The number of alkyl halides is 3. The number of nitrogens with two attached hydrogens (primary N) is 1. The number of hydrogen-bond acceptors (Lipinski definition) is 5. The molecule has 0 aliphatic rings. The van der Waals surface area contributed by atoms with Crippen molar-refractivity contribution >= 4 is 33.3 Å². The zero-order chi connectivity index (χ0) is 15.6. The predicted octanol–water partition coefficient (Wildman–Crippen LogP) is 3.60. The first-order chi connectivity index (χ1) is 9.82. The molecule has 0 bridgehead atoms. The second-order valence-electron chi connectivity index (χ2n) is 4.18. The van der Waals surface area contributed by atoms with Crippen molar-refractivity contribution in [3.05, 3.63) is 40.1 Å². The van der Waals surface area contributed by atoms with Gasteiger partial charge in [-0.05, 0) is 40.5 Å². The molecule has 0 saturated heterocycles. The van der Waals surface area contributed by atoms with Crippen LogP contribution in [0.4, 0.5) is 30.5 Å². The highest BCUT2D eigenvalue weighted by molar-refractivity contribution is 9.10. The van der Waals surface area contributed by atoms with Crippen LogP contribution in [0.15, 0.2) is 29.0 Å². The molecule has 2 aromatic rings. The summed E-state index contributed by atoms with van der Waals surface area (Å²) in [5.74, 6) is 5.90. The monoisotopic (exact) mass is 361 g/mol. The summed E-state index contributed by atoms with van der Waals surface area (Å²) in [4.78, 5) is 7.83. The molecule has 1 aromatic carbocycles. The number of nitrogens with one attached hydrogen (secondary N) is 2. The van der Waals surface area contributed by atoms with Crippen LogP contribution in [0.2, 0.25) is 0 Å². The molecule has 0 fully saturated rings. The van der Waals surface area contributed by atoms with Gasteiger partial charge in [-0.15, -0.1) is 0 Å². The van der Waals surface area contributed by atoms with Gasteiger partial charge in [0.25, 0.3) is 0 Å². The standard InChI is InChI=1S/C12H11BrF3N5/c1-6-2-3-7(12(14,15)16)4-8(6)20-10-9(13)11(21-17)19-5-18-10/h2-5H,17H2,1H3,(H2,18,19,20,21). The van der Waals surface area contributed by atoms with Crippen molar-refractivity contribution in [2.45, 2.75) is 13.1 Å². The number of aromatic nitrogens is 2. The maximum absolute atomic E-state index is 12.7. The average Bonchev–Trinajstić information content (AvgIpc) is 2.42. The smallest absolute Gasteiger partial charge is 0.339 e. The zero-order valence-corrected chi connectivity index (χ0v) is 12.4. The zero-order valence-electron chi connectivity index (χ0n) is 10.8. The third-order valence-corrected chi connectivity index (χ3v) is 3.50. The first kappa shape index (κ1) is 15.5. The molecule has 0 amide bonds. The normalized spacial score (nSPS) is 11.3. The van der Waals surface area contributed by atoms with Gasteiger partial charge in [0, 0.05) is 5.69 Å². The Balaban J connectivity index is 2.40. The van der Waals surface area contributed by atoms with E-state index in [4.69, 9.17) is 5.84 Å². The fraction of sp³-hybridized carbons (Fsp3) is 0.167. The van der Waals surface area contributed by atoms with E-state index in [2.05, 4.69) is 36.6 Å². The van der Waals surface area contributed by atoms with Gasteiger partial charge in [0.2, 0.25) is 0 Å². The molecule has 0 radical (unpaired) electrons. The third kappa shape index (κ3) is 3.42. The van der Waals surface area contributed by atoms with Crippen LogP contribution in [0.25, 0.3) is 0 Å². The Morgan fingerprint density at radius 2 is 1.86 bits per heavy atom. The number of nitrogens with zero attached hydrogens (tertiary/aromatic N) is 2. The lowest BCUT2D eigenvalue weighted by atomic mass is 10.1. The fourth-order valence-corrected chi connectivity index (χ4v) is 2.04. The minimum absolute atomic E-state index is 0.298.